The molecule has 0 spiro atoms. The predicted octanol–water partition coefficient (Wildman–Crippen LogP) is 5.52. The lowest BCUT2D eigenvalue weighted by Crippen LogP contribution is -2.33. The molecule has 2 rings (SSSR count). The fourth-order valence-electron chi connectivity index (χ4n) is 2.16. The van der Waals surface area contributed by atoms with Crippen LogP contribution < -0.4 is 5.32 Å². The van der Waals surface area contributed by atoms with Crippen molar-refractivity contribution in [3.05, 3.63) is 63.0 Å². The van der Waals surface area contributed by atoms with Crippen LogP contribution in [0.25, 0.3) is 0 Å². The van der Waals surface area contributed by atoms with Gasteiger partial charge in [-0.25, -0.2) is 0 Å². The van der Waals surface area contributed by atoms with Crippen molar-refractivity contribution in [1.29, 1.82) is 0 Å². The Morgan fingerprint density at radius 2 is 1.90 bits per heavy atom. The van der Waals surface area contributed by atoms with Gasteiger partial charge in [0.15, 0.2) is 0 Å². The highest BCUT2D eigenvalue weighted by Crippen LogP contribution is 2.24. The van der Waals surface area contributed by atoms with Crippen LogP contribution in [-0.2, 0) is 6.42 Å². The summed E-state index contributed by atoms with van der Waals surface area (Å²) in [5.74, 6) is 1.06. The molecule has 0 amide bonds. The molecule has 1 N–H and O–H groups in total. The fourth-order valence-corrected chi connectivity index (χ4v) is 4.17. The molecule has 1 nitrogen and oxygen atoms in total. The molecule has 0 bridgehead atoms. The molecule has 0 saturated carbocycles. The number of rotatable bonds is 7. The number of hydrogen-bond acceptors (Lipinski definition) is 2. The van der Waals surface area contributed by atoms with Crippen LogP contribution >= 0.6 is 43.6 Å². The third kappa shape index (κ3) is 5.78. The minimum Gasteiger partial charge on any atom is -0.313 e. The van der Waals surface area contributed by atoms with Crippen molar-refractivity contribution in [2.75, 3.05) is 12.3 Å². The molecule has 0 aliphatic heterocycles. The van der Waals surface area contributed by atoms with Crippen LogP contribution in [-0.4, -0.2) is 18.3 Å². The summed E-state index contributed by atoms with van der Waals surface area (Å²) in [4.78, 5) is 1.31. The van der Waals surface area contributed by atoms with Crippen molar-refractivity contribution in [2.45, 2.75) is 24.3 Å². The maximum Gasteiger partial charge on any atom is 0.0207 e. The summed E-state index contributed by atoms with van der Waals surface area (Å²) in [5, 5.41) is 3.59. The number of halogens is 2. The first-order valence-corrected chi connectivity index (χ1v) is 9.61. The van der Waals surface area contributed by atoms with Crippen LogP contribution in [0.4, 0.5) is 0 Å². The maximum absolute atomic E-state index is 3.64. The molecule has 1 unspecified atom stereocenters. The third-order valence-electron chi connectivity index (χ3n) is 3.16. The fraction of sp³-hybridized carbons (Fsp3) is 0.294. The van der Waals surface area contributed by atoms with Crippen LogP contribution in [0.5, 0.6) is 0 Å². The van der Waals surface area contributed by atoms with E-state index < -0.39 is 0 Å². The average molecular weight is 429 g/mol. The SMILES string of the molecule is CCNC(CSc1cccc(Br)c1)Cc1ccccc1Br. The smallest absolute Gasteiger partial charge is 0.0207 e. The third-order valence-corrected chi connectivity index (χ3v) is 5.59. The minimum absolute atomic E-state index is 0.470. The molecule has 0 radical (unpaired) electrons. The van der Waals surface area contributed by atoms with Crippen molar-refractivity contribution in [2.24, 2.45) is 0 Å². The molecule has 0 aliphatic rings. The molecule has 2 aromatic carbocycles. The zero-order chi connectivity index (χ0) is 15.1. The average Bonchev–Trinajstić information content (AvgIpc) is 2.47. The Kier molecular flexibility index (Phi) is 7.30. The predicted molar refractivity (Wildman–Crippen MR) is 100 cm³/mol. The van der Waals surface area contributed by atoms with Crippen molar-refractivity contribution < 1.29 is 0 Å². The number of likely N-dealkylation sites (N-methyl/N-ethyl adjacent to an activating group) is 1. The molecule has 2 aromatic rings. The first-order valence-electron chi connectivity index (χ1n) is 7.04. The highest BCUT2D eigenvalue weighted by Gasteiger charge is 2.11. The standard InChI is InChI=1S/C17H19Br2NS/c1-2-20-15(10-13-6-3-4-9-17(13)19)12-21-16-8-5-7-14(18)11-16/h3-9,11,15,20H,2,10,12H2,1H3. The molecule has 21 heavy (non-hydrogen) atoms. The van der Waals surface area contributed by atoms with E-state index in [1.807, 2.05) is 11.8 Å². The lowest BCUT2D eigenvalue weighted by molar-refractivity contribution is 0.572. The molecule has 0 aromatic heterocycles. The summed E-state index contributed by atoms with van der Waals surface area (Å²) in [7, 11) is 0. The summed E-state index contributed by atoms with van der Waals surface area (Å²) >= 11 is 9.07. The Hall–Kier alpha value is -0.290. The Morgan fingerprint density at radius 3 is 2.62 bits per heavy atom. The quantitative estimate of drug-likeness (QED) is 0.582. The molecule has 0 heterocycles. The Balaban J connectivity index is 1.97. The van der Waals surface area contributed by atoms with Crippen molar-refractivity contribution >= 4 is 43.6 Å². The maximum atomic E-state index is 3.64. The summed E-state index contributed by atoms with van der Waals surface area (Å²) in [5.41, 5.74) is 1.36. The second-order valence-electron chi connectivity index (χ2n) is 4.82. The van der Waals surface area contributed by atoms with Gasteiger partial charge in [0.25, 0.3) is 0 Å². The molecule has 112 valence electrons. The van der Waals surface area contributed by atoms with Crippen LogP contribution in [0.3, 0.4) is 0 Å². The number of nitrogens with one attached hydrogen (secondary N) is 1. The lowest BCUT2D eigenvalue weighted by atomic mass is 10.1. The highest BCUT2D eigenvalue weighted by atomic mass is 79.9. The molecular formula is C17H19Br2NS. The van der Waals surface area contributed by atoms with Gasteiger partial charge in [-0.2, -0.15) is 0 Å². The Labute approximate surface area is 148 Å². The summed E-state index contributed by atoms with van der Waals surface area (Å²) < 4.78 is 2.33. The van der Waals surface area contributed by atoms with Crippen molar-refractivity contribution in [3.63, 3.8) is 0 Å². The number of hydrogen-bond donors (Lipinski definition) is 1. The van der Waals surface area contributed by atoms with E-state index in [9.17, 15) is 0 Å². The van der Waals surface area contributed by atoms with Crippen LogP contribution in [0, 0.1) is 0 Å². The minimum atomic E-state index is 0.470. The zero-order valence-corrected chi connectivity index (χ0v) is 16.0. The molecule has 4 heteroatoms. The van der Waals surface area contributed by atoms with E-state index in [1.165, 1.54) is 14.9 Å². The van der Waals surface area contributed by atoms with Gasteiger partial charge >= 0.3 is 0 Å². The van der Waals surface area contributed by atoms with E-state index in [4.69, 9.17) is 0 Å². The Bertz CT molecular complexity index is 574. The van der Waals surface area contributed by atoms with Gasteiger partial charge in [0.05, 0.1) is 0 Å². The summed E-state index contributed by atoms with van der Waals surface area (Å²) in [6.07, 6.45) is 1.04. The van der Waals surface area contributed by atoms with Gasteiger partial charge in [-0.05, 0) is 42.8 Å². The van der Waals surface area contributed by atoms with Crippen LogP contribution in [0.2, 0.25) is 0 Å². The first-order chi connectivity index (χ1) is 10.2. The first kappa shape index (κ1) is 17.1. The molecule has 1 atom stereocenters. The second-order valence-corrected chi connectivity index (χ2v) is 7.68. The van der Waals surface area contributed by atoms with E-state index in [2.05, 4.69) is 92.6 Å². The van der Waals surface area contributed by atoms with E-state index in [1.54, 1.807) is 0 Å². The zero-order valence-electron chi connectivity index (χ0n) is 12.0. The van der Waals surface area contributed by atoms with Gasteiger partial charge in [-0.1, -0.05) is 63.0 Å². The highest BCUT2D eigenvalue weighted by molar-refractivity contribution is 9.10. The second kappa shape index (κ2) is 8.99. The van der Waals surface area contributed by atoms with Gasteiger partial charge < -0.3 is 5.32 Å². The largest absolute Gasteiger partial charge is 0.313 e. The molecular weight excluding hydrogens is 410 g/mol. The van der Waals surface area contributed by atoms with E-state index in [-0.39, 0.29) is 0 Å². The molecule has 0 fully saturated rings. The van der Waals surface area contributed by atoms with Gasteiger partial charge in [0, 0.05) is 25.6 Å². The monoisotopic (exact) mass is 427 g/mol. The van der Waals surface area contributed by atoms with Gasteiger partial charge in [0.2, 0.25) is 0 Å². The molecule has 0 aliphatic carbocycles. The van der Waals surface area contributed by atoms with Gasteiger partial charge in [-0.15, -0.1) is 11.8 Å². The number of thioether (sulfide) groups is 1. The van der Waals surface area contributed by atoms with E-state index in [0.29, 0.717) is 6.04 Å². The normalized spacial score (nSPS) is 12.3. The van der Waals surface area contributed by atoms with Crippen molar-refractivity contribution in [3.8, 4) is 0 Å². The topological polar surface area (TPSA) is 12.0 Å². The van der Waals surface area contributed by atoms with Gasteiger partial charge in [-0.3, -0.25) is 0 Å². The summed E-state index contributed by atoms with van der Waals surface area (Å²) in [6.45, 7) is 3.16. The Morgan fingerprint density at radius 1 is 1.10 bits per heavy atom. The van der Waals surface area contributed by atoms with Crippen LogP contribution in [0.15, 0.2) is 62.4 Å². The van der Waals surface area contributed by atoms with Gasteiger partial charge in [0.1, 0.15) is 0 Å². The van der Waals surface area contributed by atoms with E-state index >= 15 is 0 Å². The summed E-state index contributed by atoms with van der Waals surface area (Å²) in [6, 6.07) is 17.4. The lowest BCUT2D eigenvalue weighted by Gasteiger charge is -2.18. The van der Waals surface area contributed by atoms with Crippen LogP contribution in [0.1, 0.15) is 12.5 Å². The number of benzene rings is 2. The van der Waals surface area contributed by atoms with Crippen molar-refractivity contribution in [1.82, 2.24) is 5.32 Å². The van der Waals surface area contributed by atoms with E-state index in [0.717, 1.165) is 23.2 Å². The molecule has 0 saturated heterocycles.